The Morgan fingerprint density at radius 1 is 1.00 bits per heavy atom. The molecule has 100 valence electrons. The molecule has 0 spiro atoms. The highest BCUT2D eigenvalue weighted by Crippen LogP contribution is 2.25. The average molecular weight is 239 g/mol. The van der Waals surface area contributed by atoms with Crippen molar-refractivity contribution in [2.75, 3.05) is 33.7 Å². The van der Waals surface area contributed by atoms with E-state index >= 15 is 0 Å². The zero-order valence-corrected chi connectivity index (χ0v) is 11.6. The highest BCUT2D eigenvalue weighted by atomic mass is 15.2. The topological polar surface area (TPSA) is 32.5 Å². The first kappa shape index (κ1) is 13.3. The molecule has 2 N–H and O–H groups in total. The summed E-state index contributed by atoms with van der Waals surface area (Å²) in [6.45, 7) is 3.92. The minimum absolute atomic E-state index is 0.491. The smallest absolute Gasteiger partial charge is 0.0113 e. The van der Waals surface area contributed by atoms with Crippen LogP contribution in [-0.2, 0) is 0 Å². The molecule has 0 amide bonds. The van der Waals surface area contributed by atoms with Gasteiger partial charge in [-0.1, -0.05) is 0 Å². The van der Waals surface area contributed by atoms with Gasteiger partial charge in [-0.25, -0.2) is 0 Å². The van der Waals surface area contributed by atoms with Crippen LogP contribution in [0.2, 0.25) is 0 Å². The van der Waals surface area contributed by atoms with Gasteiger partial charge in [-0.3, -0.25) is 0 Å². The van der Waals surface area contributed by atoms with Crippen molar-refractivity contribution in [3.05, 3.63) is 0 Å². The predicted molar refractivity (Wildman–Crippen MR) is 73.1 cm³/mol. The SMILES string of the molecule is CN(C)C1CCN(CC2CCC(N)CC2)CC1. The van der Waals surface area contributed by atoms with Gasteiger partial charge in [0.25, 0.3) is 0 Å². The molecular weight excluding hydrogens is 210 g/mol. The van der Waals surface area contributed by atoms with E-state index in [1.54, 1.807) is 0 Å². The lowest BCUT2D eigenvalue weighted by atomic mass is 9.86. The van der Waals surface area contributed by atoms with E-state index in [2.05, 4.69) is 23.9 Å². The molecule has 1 heterocycles. The third-order valence-electron chi connectivity index (χ3n) is 4.70. The van der Waals surface area contributed by atoms with Crippen molar-refractivity contribution in [2.24, 2.45) is 11.7 Å². The molecule has 2 fully saturated rings. The van der Waals surface area contributed by atoms with Gasteiger partial charge < -0.3 is 15.5 Å². The monoisotopic (exact) mass is 239 g/mol. The van der Waals surface area contributed by atoms with Crippen LogP contribution >= 0.6 is 0 Å². The summed E-state index contributed by atoms with van der Waals surface area (Å²) in [4.78, 5) is 5.07. The summed E-state index contributed by atoms with van der Waals surface area (Å²) in [5.74, 6) is 0.922. The Bertz CT molecular complexity index is 214. The quantitative estimate of drug-likeness (QED) is 0.811. The van der Waals surface area contributed by atoms with Crippen molar-refractivity contribution in [1.29, 1.82) is 0 Å². The second kappa shape index (κ2) is 6.17. The van der Waals surface area contributed by atoms with Gasteiger partial charge in [0.2, 0.25) is 0 Å². The summed E-state index contributed by atoms with van der Waals surface area (Å²) in [5.41, 5.74) is 5.96. The van der Waals surface area contributed by atoms with Crippen LogP contribution in [0.1, 0.15) is 38.5 Å². The van der Waals surface area contributed by atoms with Crippen LogP contribution in [0.25, 0.3) is 0 Å². The van der Waals surface area contributed by atoms with Crippen LogP contribution in [0, 0.1) is 5.92 Å². The minimum Gasteiger partial charge on any atom is -0.328 e. The minimum atomic E-state index is 0.491. The fourth-order valence-electron chi connectivity index (χ4n) is 3.35. The van der Waals surface area contributed by atoms with E-state index in [4.69, 9.17) is 5.73 Å². The highest BCUT2D eigenvalue weighted by Gasteiger charge is 2.24. The van der Waals surface area contributed by atoms with Gasteiger partial charge in [0, 0.05) is 18.6 Å². The fraction of sp³-hybridized carbons (Fsp3) is 1.00. The first-order chi connectivity index (χ1) is 8.15. The normalized spacial score (nSPS) is 33.2. The third-order valence-corrected chi connectivity index (χ3v) is 4.70. The molecule has 0 atom stereocenters. The van der Waals surface area contributed by atoms with E-state index in [0.717, 1.165) is 12.0 Å². The number of likely N-dealkylation sites (tertiary alicyclic amines) is 1. The summed E-state index contributed by atoms with van der Waals surface area (Å²) >= 11 is 0. The molecule has 1 aliphatic heterocycles. The van der Waals surface area contributed by atoms with Crippen molar-refractivity contribution >= 4 is 0 Å². The standard InChI is InChI=1S/C14H29N3/c1-16(2)14-7-9-17(10-8-14)11-12-3-5-13(15)6-4-12/h12-14H,3-11,15H2,1-2H3. The van der Waals surface area contributed by atoms with Crippen molar-refractivity contribution in [3.63, 3.8) is 0 Å². The number of rotatable bonds is 3. The Labute approximate surface area is 106 Å². The number of nitrogens with two attached hydrogens (primary N) is 1. The molecule has 1 saturated carbocycles. The fourth-order valence-corrected chi connectivity index (χ4v) is 3.35. The van der Waals surface area contributed by atoms with Gasteiger partial charge in [0.1, 0.15) is 0 Å². The summed E-state index contributed by atoms with van der Waals surface area (Å²) in [7, 11) is 4.42. The molecule has 1 aliphatic carbocycles. The van der Waals surface area contributed by atoms with E-state index in [9.17, 15) is 0 Å². The second-order valence-electron chi connectivity index (χ2n) is 6.28. The van der Waals surface area contributed by atoms with Crippen molar-refractivity contribution in [1.82, 2.24) is 9.80 Å². The summed E-state index contributed by atoms with van der Waals surface area (Å²) in [6, 6.07) is 1.30. The van der Waals surface area contributed by atoms with E-state index in [-0.39, 0.29) is 0 Å². The van der Waals surface area contributed by atoms with Gasteiger partial charge >= 0.3 is 0 Å². The summed E-state index contributed by atoms with van der Waals surface area (Å²) in [5, 5.41) is 0. The van der Waals surface area contributed by atoms with E-state index in [1.165, 1.54) is 58.2 Å². The Morgan fingerprint density at radius 2 is 1.59 bits per heavy atom. The van der Waals surface area contributed by atoms with Crippen molar-refractivity contribution in [2.45, 2.75) is 50.6 Å². The Kier molecular flexibility index (Phi) is 4.83. The number of hydrogen-bond acceptors (Lipinski definition) is 3. The second-order valence-corrected chi connectivity index (χ2v) is 6.28. The Morgan fingerprint density at radius 3 is 2.12 bits per heavy atom. The molecule has 2 rings (SSSR count). The molecule has 0 aromatic heterocycles. The molecule has 2 aliphatic rings. The lowest BCUT2D eigenvalue weighted by Crippen LogP contribution is -2.44. The third kappa shape index (κ3) is 3.94. The Hall–Kier alpha value is -0.120. The van der Waals surface area contributed by atoms with Crippen LogP contribution in [0.15, 0.2) is 0 Å². The van der Waals surface area contributed by atoms with E-state index in [0.29, 0.717) is 6.04 Å². The summed E-state index contributed by atoms with van der Waals surface area (Å²) < 4.78 is 0. The molecule has 0 aromatic carbocycles. The molecular formula is C14H29N3. The van der Waals surface area contributed by atoms with E-state index < -0.39 is 0 Å². The first-order valence-electron chi connectivity index (χ1n) is 7.29. The number of piperidine rings is 1. The lowest BCUT2D eigenvalue weighted by Gasteiger charge is -2.38. The lowest BCUT2D eigenvalue weighted by molar-refractivity contribution is 0.119. The van der Waals surface area contributed by atoms with Gasteiger partial charge in [0.15, 0.2) is 0 Å². The van der Waals surface area contributed by atoms with Gasteiger partial charge in [-0.2, -0.15) is 0 Å². The predicted octanol–water partition coefficient (Wildman–Crippen LogP) is 1.53. The van der Waals surface area contributed by atoms with Crippen LogP contribution in [0.5, 0.6) is 0 Å². The van der Waals surface area contributed by atoms with Crippen molar-refractivity contribution < 1.29 is 0 Å². The maximum Gasteiger partial charge on any atom is 0.0113 e. The van der Waals surface area contributed by atoms with Crippen LogP contribution in [0.4, 0.5) is 0 Å². The molecule has 0 unspecified atom stereocenters. The number of nitrogens with zero attached hydrogens (tertiary/aromatic N) is 2. The maximum atomic E-state index is 5.96. The molecule has 0 aromatic rings. The Balaban J connectivity index is 1.67. The van der Waals surface area contributed by atoms with Crippen LogP contribution in [0.3, 0.4) is 0 Å². The van der Waals surface area contributed by atoms with Gasteiger partial charge in [-0.15, -0.1) is 0 Å². The summed E-state index contributed by atoms with van der Waals surface area (Å²) in [6.07, 6.45) is 7.90. The molecule has 3 nitrogen and oxygen atoms in total. The molecule has 1 saturated heterocycles. The van der Waals surface area contributed by atoms with Crippen molar-refractivity contribution in [3.8, 4) is 0 Å². The maximum absolute atomic E-state index is 5.96. The molecule has 3 heteroatoms. The first-order valence-corrected chi connectivity index (χ1v) is 7.29. The van der Waals surface area contributed by atoms with Crippen LogP contribution in [-0.4, -0.2) is 55.6 Å². The van der Waals surface area contributed by atoms with Crippen LogP contribution < -0.4 is 5.73 Å². The zero-order valence-electron chi connectivity index (χ0n) is 11.6. The number of hydrogen-bond donors (Lipinski definition) is 1. The van der Waals surface area contributed by atoms with Gasteiger partial charge in [-0.05, 0) is 71.6 Å². The zero-order chi connectivity index (χ0) is 12.3. The molecule has 0 bridgehead atoms. The molecule has 17 heavy (non-hydrogen) atoms. The average Bonchev–Trinajstić information content (AvgIpc) is 2.33. The van der Waals surface area contributed by atoms with Gasteiger partial charge in [0.05, 0.1) is 0 Å². The molecule has 0 radical (unpaired) electrons. The van der Waals surface area contributed by atoms with E-state index in [1.807, 2.05) is 0 Å². The largest absolute Gasteiger partial charge is 0.328 e. The highest BCUT2D eigenvalue weighted by molar-refractivity contribution is 4.81.